The van der Waals surface area contributed by atoms with Crippen LogP contribution >= 0.6 is 7.60 Å². The van der Waals surface area contributed by atoms with E-state index >= 15 is 0 Å². The van der Waals surface area contributed by atoms with Gasteiger partial charge < -0.3 is 9.05 Å². The number of benzene rings is 1. The molecule has 0 spiro atoms. The van der Waals surface area contributed by atoms with Crippen molar-refractivity contribution in [2.45, 2.75) is 6.42 Å². The summed E-state index contributed by atoms with van der Waals surface area (Å²) in [5.74, 6) is -0.451. The third-order valence-electron chi connectivity index (χ3n) is 2.68. The molecule has 9 nitrogen and oxygen atoms in total. The summed E-state index contributed by atoms with van der Waals surface area (Å²) < 4.78 is 21.1. The van der Waals surface area contributed by atoms with E-state index in [-0.39, 0.29) is 18.3 Å². The molecule has 0 atom stereocenters. The zero-order valence-corrected chi connectivity index (χ0v) is 13.0. The van der Waals surface area contributed by atoms with Crippen LogP contribution in [0.3, 0.4) is 0 Å². The molecule has 0 saturated heterocycles. The molecule has 0 radical (unpaired) electrons. The minimum absolute atomic E-state index is 0.0314. The van der Waals surface area contributed by atoms with Gasteiger partial charge in [0.05, 0.1) is 17.3 Å². The maximum absolute atomic E-state index is 11.7. The minimum atomic E-state index is -3.22. The van der Waals surface area contributed by atoms with Crippen molar-refractivity contribution in [1.29, 1.82) is 0 Å². The molecule has 0 unspecified atom stereocenters. The van der Waals surface area contributed by atoms with Crippen LogP contribution in [0.5, 0.6) is 0 Å². The van der Waals surface area contributed by atoms with Gasteiger partial charge in [0.15, 0.2) is 0 Å². The third kappa shape index (κ3) is 5.72. The molecule has 0 heterocycles. The number of amides is 1. The highest BCUT2D eigenvalue weighted by molar-refractivity contribution is 7.53. The van der Waals surface area contributed by atoms with Crippen molar-refractivity contribution in [2.24, 2.45) is 5.10 Å². The Hall–Kier alpha value is -2.09. The molecule has 0 aliphatic rings. The molecular weight excluding hydrogens is 313 g/mol. The van der Waals surface area contributed by atoms with Crippen LogP contribution in [0, 0.1) is 10.1 Å². The van der Waals surface area contributed by atoms with Gasteiger partial charge in [-0.15, -0.1) is 0 Å². The van der Waals surface area contributed by atoms with E-state index in [4.69, 9.17) is 9.05 Å². The molecule has 1 aromatic carbocycles. The Morgan fingerprint density at radius 3 is 2.45 bits per heavy atom. The molecule has 1 aromatic rings. The lowest BCUT2D eigenvalue weighted by atomic mass is 10.2. The molecule has 120 valence electrons. The molecule has 0 saturated carbocycles. The number of nitro benzene ring substituents is 1. The minimum Gasteiger partial charge on any atom is -0.312 e. The Morgan fingerprint density at radius 2 is 1.95 bits per heavy atom. The first-order chi connectivity index (χ1) is 10.4. The molecular formula is C12H16N3O6P. The first-order valence-electron chi connectivity index (χ1n) is 6.17. The van der Waals surface area contributed by atoms with E-state index in [1.54, 1.807) is 0 Å². The summed E-state index contributed by atoms with van der Waals surface area (Å²) in [4.78, 5) is 21.5. The number of hydrogen-bond donors (Lipinski definition) is 1. The number of carbonyl (C=O) groups excluding carboxylic acids is 1. The lowest BCUT2D eigenvalue weighted by Crippen LogP contribution is -2.18. The molecule has 0 aliphatic heterocycles. The molecule has 0 bridgehead atoms. The van der Waals surface area contributed by atoms with Gasteiger partial charge in [-0.2, -0.15) is 5.10 Å². The smallest absolute Gasteiger partial charge is 0.312 e. The normalized spacial score (nSPS) is 11.5. The monoisotopic (exact) mass is 329 g/mol. The highest BCUT2D eigenvalue weighted by Crippen LogP contribution is 2.46. The topological polar surface area (TPSA) is 120 Å². The van der Waals surface area contributed by atoms with Crippen LogP contribution in [0.15, 0.2) is 29.4 Å². The second-order valence-electron chi connectivity index (χ2n) is 4.09. The van der Waals surface area contributed by atoms with Crippen molar-refractivity contribution in [2.75, 3.05) is 20.4 Å². The second kappa shape index (κ2) is 8.38. The number of hydrogen-bond acceptors (Lipinski definition) is 7. The summed E-state index contributed by atoms with van der Waals surface area (Å²) >= 11 is 0. The Bertz CT molecular complexity index is 593. The Morgan fingerprint density at radius 1 is 1.36 bits per heavy atom. The number of nitro groups is 1. The Balaban J connectivity index is 2.46. The standard InChI is InChI=1S/C12H16N3O6P/c1-20-22(19,21-2)8-7-12(16)14-13-9-10-3-5-11(6-4-10)15(17)18/h3-6,9H,7-8H2,1-2H3,(H,14,16). The van der Waals surface area contributed by atoms with Gasteiger partial charge in [-0.05, 0) is 17.7 Å². The van der Waals surface area contributed by atoms with Crippen LogP contribution in [-0.4, -0.2) is 37.4 Å². The first-order valence-corrected chi connectivity index (χ1v) is 7.90. The SMILES string of the molecule is COP(=O)(CCC(=O)NN=Cc1ccc([N+](=O)[O-])cc1)OC. The lowest BCUT2D eigenvalue weighted by Gasteiger charge is -2.12. The molecule has 1 amide bonds. The van der Waals surface area contributed by atoms with Crippen molar-refractivity contribution in [3.8, 4) is 0 Å². The van der Waals surface area contributed by atoms with Gasteiger partial charge in [-0.1, -0.05) is 0 Å². The molecule has 10 heteroatoms. The highest BCUT2D eigenvalue weighted by Gasteiger charge is 2.21. The van der Waals surface area contributed by atoms with E-state index in [1.807, 2.05) is 0 Å². The fourth-order valence-corrected chi connectivity index (χ4v) is 2.40. The molecule has 0 aromatic heterocycles. The van der Waals surface area contributed by atoms with Crippen LogP contribution in [0.1, 0.15) is 12.0 Å². The van der Waals surface area contributed by atoms with Crippen molar-refractivity contribution in [3.63, 3.8) is 0 Å². The van der Waals surface area contributed by atoms with Crippen LogP contribution in [0.2, 0.25) is 0 Å². The molecule has 1 N–H and O–H groups in total. The summed E-state index contributed by atoms with van der Waals surface area (Å²) in [5, 5.41) is 14.2. The number of nitrogens with zero attached hydrogens (tertiary/aromatic N) is 2. The summed E-state index contributed by atoms with van der Waals surface area (Å²) in [6, 6.07) is 5.66. The van der Waals surface area contributed by atoms with E-state index in [0.717, 1.165) is 0 Å². The average molecular weight is 329 g/mol. The van der Waals surface area contributed by atoms with E-state index in [2.05, 4.69) is 10.5 Å². The fraction of sp³-hybridized carbons (Fsp3) is 0.333. The summed E-state index contributed by atoms with van der Waals surface area (Å²) in [6.07, 6.45) is 1.21. The van der Waals surface area contributed by atoms with Crippen molar-refractivity contribution in [1.82, 2.24) is 5.43 Å². The fourth-order valence-electron chi connectivity index (χ4n) is 1.41. The molecule has 0 aliphatic carbocycles. The molecule has 1 rings (SSSR count). The van der Waals surface area contributed by atoms with Gasteiger partial charge >= 0.3 is 7.60 Å². The van der Waals surface area contributed by atoms with E-state index < -0.39 is 18.4 Å². The highest BCUT2D eigenvalue weighted by atomic mass is 31.2. The van der Waals surface area contributed by atoms with Gasteiger partial charge in [0, 0.05) is 32.8 Å². The Kier molecular flexibility index (Phi) is 6.84. The summed E-state index contributed by atoms with van der Waals surface area (Å²) in [5.41, 5.74) is 2.81. The third-order valence-corrected chi connectivity index (χ3v) is 4.56. The molecule has 0 fully saturated rings. The van der Waals surface area contributed by atoms with Gasteiger partial charge in [-0.3, -0.25) is 19.5 Å². The van der Waals surface area contributed by atoms with Gasteiger partial charge in [-0.25, -0.2) is 5.43 Å². The summed E-state index contributed by atoms with van der Waals surface area (Å²) in [7, 11) is -0.727. The largest absolute Gasteiger partial charge is 0.330 e. The zero-order chi connectivity index (χ0) is 16.6. The Labute approximate surface area is 127 Å². The summed E-state index contributed by atoms with van der Waals surface area (Å²) in [6.45, 7) is 0. The predicted molar refractivity (Wildman–Crippen MR) is 79.9 cm³/mol. The quantitative estimate of drug-likeness (QED) is 0.337. The van der Waals surface area contributed by atoms with E-state index in [1.165, 1.54) is 44.7 Å². The van der Waals surface area contributed by atoms with Crippen molar-refractivity contribution >= 4 is 25.4 Å². The zero-order valence-electron chi connectivity index (χ0n) is 12.1. The average Bonchev–Trinajstić information content (AvgIpc) is 2.53. The van der Waals surface area contributed by atoms with E-state index in [9.17, 15) is 19.5 Å². The number of nitrogens with one attached hydrogen (secondary N) is 1. The lowest BCUT2D eigenvalue weighted by molar-refractivity contribution is -0.384. The maximum atomic E-state index is 11.7. The maximum Gasteiger partial charge on any atom is 0.330 e. The number of carbonyl (C=O) groups is 1. The van der Waals surface area contributed by atoms with Gasteiger partial charge in [0.2, 0.25) is 5.91 Å². The number of rotatable bonds is 8. The van der Waals surface area contributed by atoms with Crippen LogP contribution in [-0.2, 0) is 18.4 Å². The van der Waals surface area contributed by atoms with Crippen LogP contribution < -0.4 is 5.43 Å². The second-order valence-corrected chi connectivity index (χ2v) is 6.49. The van der Waals surface area contributed by atoms with Crippen molar-refractivity contribution < 1.29 is 23.3 Å². The van der Waals surface area contributed by atoms with Crippen LogP contribution in [0.25, 0.3) is 0 Å². The van der Waals surface area contributed by atoms with Crippen LogP contribution in [0.4, 0.5) is 5.69 Å². The first kappa shape index (κ1) is 18.0. The molecule has 22 heavy (non-hydrogen) atoms. The van der Waals surface area contributed by atoms with Gasteiger partial charge in [0.1, 0.15) is 0 Å². The van der Waals surface area contributed by atoms with E-state index in [0.29, 0.717) is 5.56 Å². The predicted octanol–water partition coefficient (Wildman–Crippen LogP) is 1.92. The van der Waals surface area contributed by atoms with Gasteiger partial charge in [0.25, 0.3) is 5.69 Å². The van der Waals surface area contributed by atoms with Crippen molar-refractivity contribution in [3.05, 3.63) is 39.9 Å². The number of non-ortho nitro benzene ring substituents is 1. The number of hydrazone groups is 1.